The molecule has 0 saturated heterocycles. The van der Waals surface area contributed by atoms with Gasteiger partial charge < -0.3 is 14.7 Å². The first-order chi connectivity index (χ1) is 15.0. The predicted molar refractivity (Wildman–Crippen MR) is 124 cm³/mol. The Morgan fingerprint density at radius 2 is 1.74 bits per heavy atom. The molecule has 0 saturated carbocycles. The highest BCUT2D eigenvalue weighted by Gasteiger charge is 2.17. The summed E-state index contributed by atoms with van der Waals surface area (Å²) in [5.41, 5.74) is 7.73. The molecule has 0 spiro atoms. The maximum Gasteiger partial charge on any atom is 0.277 e. The number of aromatic nitrogens is 3. The molecule has 0 atom stereocenters. The number of nitrogens with zero attached hydrogens (tertiary/aromatic N) is 2. The molecule has 0 amide bonds. The van der Waals surface area contributed by atoms with E-state index in [1.165, 1.54) is 0 Å². The minimum absolute atomic E-state index is 0.0290. The molecule has 2 N–H and O–H groups in total. The van der Waals surface area contributed by atoms with E-state index in [-0.39, 0.29) is 12.2 Å². The highest BCUT2D eigenvalue weighted by molar-refractivity contribution is 5.95. The van der Waals surface area contributed by atoms with E-state index in [1.807, 2.05) is 73.8 Å². The van der Waals surface area contributed by atoms with Crippen LogP contribution in [0.2, 0.25) is 0 Å². The smallest absolute Gasteiger partial charge is 0.277 e. The van der Waals surface area contributed by atoms with Crippen LogP contribution in [0.3, 0.4) is 0 Å². The lowest BCUT2D eigenvalue weighted by Crippen LogP contribution is -2.24. The first-order valence-electron chi connectivity index (χ1n) is 10.3. The van der Waals surface area contributed by atoms with Crippen LogP contribution in [0.15, 0.2) is 71.7 Å². The van der Waals surface area contributed by atoms with E-state index in [0.29, 0.717) is 12.2 Å². The van der Waals surface area contributed by atoms with E-state index in [1.54, 1.807) is 4.57 Å². The summed E-state index contributed by atoms with van der Waals surface area (Å²) in [7, 11) is 0. The van der Waals surface area contributed by atoms with Crippen molar-refractivity contribution in [3.8, 4) is 11.3 Å². The number of H-pyrrole nitrogens is 1. The molecule has 2 heterocycles. The summed E-state index contributed by atoms with van der Waals surface area (Å²) in [5, 5.41) is 10.5. The lowest BCUT2D eigenvalue weighted by atomic mass is 10.1. The van der Waals surface area contributed by atoms with Crippen molar-refractivity contribution in [1.29, 1.82) is 0 Å². The number of aromatic amines is 1. The van der Waals surface area contributed by atoms with Crippen molar-refractivity contribution in [2.24, 2.45) is 0 Å². The van der Waals surface area contributed by atoms with Crippen LogP contribution < -0.4 is 5.56 Å². The fourth-order valence-electron chi connectivity index (χ4n) is 4.11. The second-order valence-corrected chi connectivity index (χ2v) is 8.00. The Morgan fingerprint density at radius 3 is 2.58 bits per heavy atom. The Bertz CT molecular complexity index is 1490. The fraction of sp³-hybridized carbons (Fsp3) is 0.154. The minimum atomic E-state index is -0.130. The standard InChI is InChI=1S/C26H23N3O2/c1-16-10-23-24(11-17(16)2)29(14-18-6-5-7-19(12-18)15-30)26(31)25(28-23)21-13-27-22-9-4-3-8-20(21)22/h3-13,27,30H,14-15H2,1-2H3. The summed E-state index contributed by atoms with van der Waals surface area (Å²) in [6, 6.07) is 19.7. The third kappa shape index (κ3) is 3.33. The molecule has 5 rings (SSSR count). The van der Waals surface area contributed by atoms with Crippen LogP contribution in [0.25, 0.3) is 33.2 Å². The van der Waals surface area contributed by atoms with Crippen LogP contribution in [-0.4, -0.2) is 19.6 Å². The number of hydrogen-bond acceptors (Lipinski definition) is 3. The largest absolute Gasteiger partial charge is 0.392 e. The van der Waals surface area contributed by atoms with E-state index in [9.17, 15) is 9.90 Å². The highest BCUT2D eigenvalue weighted by Crippen LogP contribution is 2.27. The van der Waals surface area contributed by atoms with Crippen molar-refractivity contribution in [2.45, 2.75) is 27.0 Å². The van der Waals surface area contributed by atoms with Gasteiger partial charge in [0, 0.05) is 22.7 Å². The first kappa shape index (κ1) is 19.3. The molecule has 3 aromatic carbocycles. The molecule has 0 fully saturated rings. The number of para-hydroxylation sites is 1. The highest BCUT2D eigenvalue weighted by atomic mass is 16.3. The lowest BCUT2D eigenvalue weighted by Gasteiger charge is -2.14. The van der Waals surface area contributed by atoms with Crippen LogP contribution in [0.5, 0.6) is 0 Å². The van der Waals surface area contributed by atoms with Gasteiger partial charge in [0.25, 0.3) is 5.56 Å². The summed E-state index contributed by atoms with van der Waals surface area (Å²) in [6.45, 7) is 4.48. The van der Waals surface area contributed by atoms with Crippen molar-refractivity contribution >= 4 is 21.9 Å². The third-order valence-electron chi connectivity index (χ3n) is 5.92. The molecule has 31 heavy (non-hydrogen) atoms. The maximum absolute atomic E-state index is 13.7. The number of nitrogens with one attached hydrogen (secondary N) is 1. The number of aliphatic hydroxyl groups is 1. The molecule has 154 valence electrons. The summed E-state index contributed by atoms with van der Waals surface area (Å²) < 4.78 is 1.79. The molecule has 0 bridgehead atoms. The van der Waals surface area contributed by atoms with Crippen LogP contribution in [0.1, 0.15) is 22.3 Å². The topological polar surface area (TPSA) is 70.9 Å². The summed E-state index contributed by atoms with van der Waals surface area (Å²) in [5.74, 6) is 0. The molecular weight excluding hydrogens is 386 g/mol. The van der Waals surface area contributed by atoms with Crippen molar-refractivity contribution in [3.63, 3.8) is 0 Å². The van der Waals surface area contributed by atoms with Crippen molar-refractivity contribution in [2.75, 3.05) is 0 Å². The van der Waals surface area contributed by atoms with Gasteiger partial charge >= 0.3 is 0 Å². The van der Waals surface area contributed by atoms with Gasteiger partial charge in [0.2, 0.25) is 0 Å². The second-order valence-electron chi connectivity index (χ2n) is 8.00. The van der Waals surface area contributed by atoms with Crippen molar-refractivity contribution < 1.29 is 5.11 Å². The summed E-state index contributed by atoms with van der Waals surface area (Å²) in [4.78, 5) is 21.8. The Hall–Kier alpha value is -3.70. The van der Waals surface area contributed by atoms with Crippen LogP contribution in [-0.2, 0) is 13.2 Å². The predicted octanol–water partition coefficient (Wildman–Crippen LogP) is 4.70. The van der Waals surface area contributed by atoms with E-state index in [2.05, 4.69) is 11.9 Å². The van der Waals surface area contributed by atoms with E-state index in [4.69, 9.17) is 4.98 Å². The average Bonchev–Trinajstić information content (AvgIpc) is 3.21. The molecule has 0 unspecified atom stereocenters. The molecular formula is C26H23N3O2. The Kier molecular flexibility index (Phi) is 4.68. The Balaban J connectivity index is 1.79. The van der Waals surface area contributed by atoms with Gasteiger partial charge in [-0.1, -0.05) is 42.5 Å². The first-order valence-corrected chi connectivity index (χ1v) is 10.3. The number of hydrogen-bond donors (Lipinski definition) is 2. The number of fused-ring (bicyclic) bond motifs is 2. The molecule has 5 heteroatoms. The van der Waals surface area contributed by atoms with Crippen molar-refractivity contribution in [3.05, 3.63) is 99.5 Å². The SMILES string of the molecule is Cc1cc2nc(-c3c[nH]c4ccccc34)c(=O)n(Cc3cccc(CO)c3)c2cc1C. The molecule has 5 nitrogen and oxygen atoms in total. The van der Waals surface area contributed by atoms with E-state index < -0.39 is 0 Å². The van der Waals surface area contributed by atoms with Crippen LogP contribution in [0, 0.1) is 13.8 Å². The molecule has 0 aliphatic rings. The second kappa shape index (κ2) is 7.52. The number of aliphatic hydroxyl groups excluding tert-OH is 1. The van der Waals surface area contributed by atoms with Gasteiger partial charge in [-0.3, -0.25) is 4.79 Å². The molecule has 0 radical (unpaired) electrons. The molecule has 0 aliphatic carbocycles. The minimum Gasteiger partial charge on any atom is -0.392 e. The Labute approximate surface area is 179 Å². The van der Waals surface area contributed by atoms with Crippen LogP contribution in [0.4, 0.5) is 0 Å². The van der Waals surface area contributed by atoms with Gasteiger partial charge in [0.05, 0.1) is 24.2 Å². The van der Waals surface area contributed by atoms with Crippen LogP contribution >= 0.6 is 0 Å². The zero-order valence-corrected chi connectivity index (χ0v) is 17.5. The maximum atomic E-state index is 13.7. The normalized spacial score (nSPS) is 11.5. The lowest BCUT2D eigenvalue weighted by molar-refractivity contribution is 0.281. The summed E-state index contributed by atoms with van der Waals surface area (Å²) in [6.07, 6.45) is 1.86. The van der Waals surface area contributed by atoms with Crippen molar-refractivity contribution in [1.82, 2.24) is 14.5 Å². The molecule has 0 aliphatic heterocycles. The van der Waals surface area contributed by atoms with E-state index in [0.717, 1.165) is 49.8 Å². The molecule has 2 aromatic heterocycles. The average molecular weight is 409 g/mol. The Morgan fingerprint density at radius 1 is 0.968 bits per heavy atom. The fourth-order valence-corrected chi connectivity index (χ4v) is 4.11. The van der Waals surface area contributed by atoms with E-state index >= 15 is 0 Å². The van der Waals surface area contributed by atoms with Gasteiger partial charge in [0.1, 0.15) is 5.69 Å². The van der Waals surface area contributed by atoms with Gasteiger partial charge in [-0.15, -0.1) is 0 Å². The molecule has 5 aromatic rings. The quantitative estimate of drug-likeness (QED) is 0.452. The van der Waals surface area contributed by atoms with Gasteiger partial charge in [-0.2, -0.15) is 0 Å². The van der Waals surface area contributed by atoms with Gasteiger partial charge in [0.15, 0.2) is 0 Å². The zero-order valence-electron chi connectivity index (χ0n) is 17.5. The van der Waals surface area contributed by atoms with Gasteiger partial charge in [-0.25, -0.2) is 4.98 Å². The summed E-state index contributed by atoms with van der Waals surface area (Å²) >= 11 is 0. The number of benzene rings is 3. The number of aryl methyl sites for hydroxylation is 2. The zero-order chi connectivity index (χ0) is 21.5. The van der Waals surface area contributed by atoms with Gasteiger partial charge in [-0.05, 0) is 54.3 Å². The third-order valence-corrected chi connectivity index (χ3v) is 5.92. The number of rotatable bonds is 4. The monoisotopic (exact) mass is 409 g/mol.